The summed E-state index contributed by atoms with van der Waals surface area (Å²) in [5.41, 5.74) is -0.527. The maximum atomic E-state index is 12.1. The molecule has 1 rings (SSSR count). The highest BCUT2D eigenvalue weighted by Gasteiger charge is 2.31. The average Bonchev–Trinajstić information content (AvgIpc) is 2.34. The van der Waals surface area contributed by atoms with Gasteiger partial charge in [0.05, 0.1) is 12.0 Å². The number of hydrogen-bond acceptors (Lipinski definition) is 5. The topological polar surface area (TPSA) is 67.9 Å². The van der Waals surface area contributed by atoms with Crippen LogP contribution in [0, 0.1) is 5.92 Å². The zero-order chi connectivity index (χ0) is 15.3. The highest BCUT2D eigenvalue weighted by Crippen LogP contribution is 2.13. The summed E-state index contributed by atoms with van der Waals surface area (Å²) in [7, 11) is 0. The van der Waals surface area contributed by atoms with E-state index in [0.717, 1.165) is 0 Å². The van der Waals surface area contributed by atoms with Gasteiger partial charge in [-0.3, -0.25) is 9.69 Å². The van der Waals surface area contributed by atoms with Crippen molar-refractivity contribution < 1.29 is 19.1 Å². The third kappa shape index (κ3) is 5.36. The highest BCUT2D eigenvalue weighted by molar-refractivity contribution is 5.72. The Hall–Kier alpha value is -1.30. The molecule has 116 valence electrons. The predicted octanol–water partition coefficient (Wildman–Crippen LogP) is 1.39. The van der Waals surface area contributed by atoms with Crippen molar-refractivity contribution in [2.24, 2.45) is 5.92 Å². The minimum absolute atomic E-state index is 0.165. The maximum Gasteiger partial charge on any atom is 0.410 e. The summed E-state index contributed by atoms with van der Waals surface area (Å²) in [5.74, 6) is -0.416. The first-order chi connectivity index (χ1) is 9.20. The van der Waals surface area contributed by atoms with Crippen molar-refractivity contribution in [3.05, 3.63) is 0 Å². The Labute approximate surface area is 120 Å². The zero-order valence-electron chi connectivity index (χ0n) is 13.1. The van der Waals surface area contributed by atoms with Crippen molar-refractivity contribution in [2.75, 3.05) is 26.2 Å². The van der Waals surface area contributed by atoms with Gasteiger partial charge in [-0.05, 0) is 20.8 Å². The molecule has 1 unspecified atom stereocenters. The molecule has 1 fully saturated rings. The summed E-state index contributed by atoms with van der Waals surface area (Å²) in [6, 6.07) is -0.179. The summed E-state index contributed by atoms with van der Waals surface area (Å²) < 4.78 is 10.6. The van der Waals surface area contributed by atoms with Crippen molar-refractivity contribution in [1.82, 2.24) is 10.2 Å². The molecule has 1 amide bonds. The molecular weight excluding hydrogens is 260 g/mol. The van der Waals surface area contributed by atoms with Crippen LogP contribution in [0.25, 0.3) is 0 Å². The summed E-state index contributed by atoms with van der Waals surface area (Å²) >= 11 is 0. The first-order valence-electron chi connectivity index (χ1n) is 7.07. The van der Waals surface area contributed by atoms with Gasteiger partial charge >= 0.3 is 12.1 Å². The standard InChI is InChI=1S/C14H26N2O4/c1-10(2)12(17)19-9-11-8-15-6-7-16(11)13(18)20-14(3,4)5/h10-11,15H,6-9H2,1-5H3. The van der Waals surface area contributed by atoms with Crippen molar-refractivity contribution in [2.45, 2.75) is 46.3 Å². The fourth-order valence-electron chi connectivity index (χ4n) is 1.82. The van der Waals surface area contributed by atoms with Gasteiger partial charge in [0, 0.05) is 19.6 Å². The molecule has 0 aromatic rings. The Morgan fingerprint density at radius 2 is 2.00 bits per heavy atom. The van der Waals surface area contributed by atoms with Crippen LogP contribution in [0.2, 0.25) is 0 Å². The van der Waals surface area contributed by atoms with Gasteiger partial charge in [-0.1, -0.05) is 13.8 Å². The smallest absolute Gasteiger partial charge is 0.410 e. The minimum atomic E-state index is -0.527. The fraction of sp³-hybridized carbons (Fsp3) is 0.857. The molecule has 0 radical (unpaired) electrons. The maximum absolute atomic E-state index is 12.1. The number of hydrogen-bond donors (Lipinski definition) is 1. The van der Waals surface area contributed by atoms with Crippen molar-refractivity contribution in [1.29, 1.82) is 0 Å². The van der Waals surface area contributed by atoms with E-state index in [0.29, 0.717) is 19.6 Å². The van der Waals surface area contributed by atoms with E-state index < -0.39 is 5.60 Å². The van der Waals surface area contributed by atoms with Crippen molar-refractivity contribution in [3.63, 3.8) is 0 Å². The van der Waals surface area contributed by atoms with Crippen LogP contribution in [-0.2, 0) is 14.3 Å². The van der Waals surface area contributed by atoms with E-state index in [1.165, 1.54) is 0 Å². The summed E-state index contributed by atoms with van der Waals surface area (Å²) in [6.45, 7) is 11.1. The van der Waals surface area contributed by atoms with Gasteiger partial charge in [0.1, 0.15) is 12.2 Å². The zero-order valence-corrected chi connectivity index (χ0v) is 13.1. The first kappa shape index (κ1) is 16.8. The number of nitrogens with one attached hydrogen (secondary N) is 1. The summed E-state index contributed by atoms with van der Waals surface area (Å²) in [4.78, 5) is 25.3. The molecule has 0 spiro atoms. The highest BCUT2D eigenvalue weighted by atomic mass is 16.6. The lowest BCUT2D eigenvalue weighted by Gasteiger charge is -2.36. The Kier molecular flexibility index (Phi) is 5.80. The molecule has 6 heteroatoms. The molecule has 1 aliphatic heterocycles. The molecule has 0 bridgehead atoms. The molecule has 0 aromatic heterocycles. The van der Waals surface area contributed by atoms with Crippen LogP contribution < -0.4 is 5.32 Å². The van der Waals surface area contributed by atoms with Crippen molar-refractivity contribution >= 4 is 12.1 Å². The SMILES string of the molecule is CC(C)C(=O)OCC1CNCCN1C(=O)OC(C)(C)C. The van der Waals surface area contributed by atoms with E-state index in [1.807, 2.05) is 20.8 Å². The van der Waals surface area contributed by atoms with Crippen LogP contribution in [0.1, 0.15) is 34.6 Å². The van der Waals surface area contributed by atoms with Gasteiger partial charge in [0.2, 0.25) is 0 Å². The van der Waals surface area contributed by atoms with Crippen LogP contribution >= 0.6 is 0 Å². The number of carbonyl (C=O) groups is 2. The van der Waals surface area contributed by atoms with E-state index in [9.17, 15) is 9.59 Å². The molecule has 20 heavy (non-hydrogen) atoms. The Morgan fingerprint density at radius 3 is 2.55 bits per heavy atom. The molecule has 1 saturated heterocycles. The van der Waals surface area contributed by atoms with Gasteiger partial charge in [0.25, 0.3) is 0 Å². The van der Waals surface area contributed by atoms with E-state index in [2.05, 4.69) is 5.32 Å². The number of piperazine rings is 1. The number of rotatable bonds is 3. The number of nitrogens with zero attached hydrogens (tertiary/aromatic N) is 1. The predicted molar refractivity (Wildman–Crippen MR) is 75.4 cm³/mol. The van der Waals surface area contributed by atoms with Gasteiger partial charge in [-0.15, -0.1) is 0 Å². The average molecular weight is 286 g/mol. The molecule has 0 aromatic carbocycles. The molecule has 6 nitrogen and oxygen atoms in total. The molecule has 1 heterocycles. The van der Waals surface area contributed by atoms with E-state index >= 15 is 0 Å². The lowest BCUT2D eigenvalue weighted by Crippen LogP contribution is -2.56. The normalized spacial score (nSPS) is 19.9. The van der Waals surface area contributed by atoms with E-state index in [1.54, 1.807) is 18.7 Å². The van der Waals surface area contributed by atoms with Gasteiger partial charge in [-0.25, -0.2) is 4.79 Å². The monoisotopic (exact) mass is 286 g/mol. The fourth-order valence-corrected chi connectivity index (χ4v) is 1.82. The molecule has 0 aliphatic carbocycles. The minimum Gasteiger partial charge on any atom is -0.463 e. The van der Waals surface area contributed by atoms with Crippen LogP contribution in [-0.4, -0.2) is 54.8 Å². The van der Waals surface area contributed by atoms with Gasteiger partial charge in [0.15, 0.2) is 0 Å². The van der Waals surface area contributed by atoms with Crippen LogP contribution in [0.15, 0.2) is 0 Å². The molecule has 0 saturated carbocycles. The second kappa shape index (κ2) is 6.92. The third-order valence-corrected chi connectivity index (χ3v) is 2.87. The van der Waals surface area contributed by atoms with E-state index in [-0.39, 0.29) is 30.6 Å². The third-order valence-electron chi connectivity index (χ3n) is 2.87. The van der Waals surface area contributed by atoms with Crippen LogP contribution in [0.5, 0.6) is 0 Å². The quantitative estimate of drug-likeness (QED) is 0.794. The molecular formula is C14H26N2O4. The van der Waals surface area contributed by atoms with Crippen LogP contribution in [0.3, 0.4) is 0 Å². The molecule has 1 atom stereocenters. The number of esters is 1. The number of amides is 1. The summed E-state index contributed by atoms with van der Waals surface area (Å²) in [5, 5.41) is 3.19. The Morgan fingerprint density at radius 1 is 1.35 bits per heavy atom. The second-order valence-corrected chi connectivity index (χ2v) is 6.32. The second-order valence-electron chi connectivity index (χ2n) is 6.32. The van der Waals surface area contributed by atoms with Gasteiger partial charge in [-0.2, -0.15) is 0 Å². The van der Waals surface area contributed by atoms with Gasteiger partial charge < -0.3 is 14.8 Å². The number of carbonyl (C=O) groups excluding carboxylic acids is 2. The molecule has 1 N–H and O–H groups in total. The largest absolute Gasteiger partial charge is 0.463 e. The lowest BCUT2D eigenvalue weighted by molar-refractivity contribution is -0.149. The van der Waals surface area contributed by atoms with E-state index in [4.69, 9.17) is 9.47 Å². The Balaban J connectivity index is 2.58. The number of ether oxygens (including phenoxy) is 2. The first-order valence-corrected chi connectivity index (χ1v) is 7.07. The molecule has 1 aliphatic rings. The summed E-state index contributed by atoms with van der Waals surface area (Å²) in [6.07, 6.45) is -0.357. The Bertz CT molecular complexity index is 350. The van der Waals surface area contributed by atoms with Crippen molar-refractivity contribution in [3.8, 4) is 0 Å². The lowest BCUT2D eigenvalue weighted by atomic mass is 10.2. The van der Waals surface area contributed by atoms with Crippen LogP contribution in [0.4, 0.5) is 4.79 Å².